The van der Waals surface area contributed by atoms with Gasteiger partial charge in [0.05, 0.1) is 12.3 Å². The molecule has 0 bridgehead atoms. The molecular formula is C24H36N2O4. The summed E-state index contributed by atoms with van der Waals surface area (Å²) in [5.41, 5.74) is 0.955. The van der Waals surface area contributed by atoms with Gasteiger partial charge in [0.2, 0.25) is 0 Å². The number of piperidine rings is 1. The first kappa shape index (κ1) is 22.4. The molecule has 1 amide bonds. The normalized spacial score (nSPS) is 20.5. The quantitative estimate of drug-likeness (QED) is 0.665. The van der Waals surface area contributed by atoms with E-state index < -0.39 is 11.7 Å². The molecule has 1 saturated carbocycles. The monoisotopic (exact) mass is 416 g/mol. The first-order chi connectivity index (χ1) is 14.4. The number of carbonyl (C=O) groups excluding carboxylic acids is 2. The van der Waals surface area contributed by atoms with Gasteiger partial charge in [-0.2, -0.15) is 0 Å². The lowest BCUT2D eigenvalue weighted by molar-refractivity contribution is 0.0499. The van der Waals surface area contributed by atoms with Crippen LogP contribution >= 0.6 is 0 Å². The fourth-order valence-corrected chi connectivity index (χ4v) is 4.42. The van der Waals surface area contributed by atoms with Gasteiger partial charge in [0, 0.05) is 24.7 Å². The third-order valence-electron chi connectivity index (χ3n) is 5.81. The van der Waals surface area contributed by atoms with Gasteiger partial charge in [-0.1, -0.05) is 25.3 Å². The van der Waals surface area contributed by atoms with E-state index in [0.717, 1.165) is 37.1 Å². The van der Waals surface area contributed by atoms with Crippen LogP contribution in [0.4, 0.5) is 10.5 Å². The summed E-state index contributed by atoms with van der Waals surface area (Å²) < 4.78 is 11.6. The van der Waals surface area contributed by atoms with Gasteiger partial charge in [-0.25, -0.2) is 4.79 Å². The standard InChI is InChI=1S/C24H36N2O4/c1-24(2,3)30-23(28)25-20-12-8-14-26(15-20)22-19(16-27)11-7-13-21(22)29-17-18-9-5-4-6-10-18/h7,11,13,16,18,20H,4-6,8-10,12,14-15,17H2,1-3H3,(H,25,28). The van der Waals surface area contributed by atoms with E-state index in [1.807, 2.05) is 39.0 Å². The molecule has 1 N–H and O–H groups in total. The molecule has 1 atom stereocenters. The zero-order chi connectivity index (χ0) is 21.6. The molecule has 1 aliphatic carbocycles. The lowest BCUT2D eigenvalue weighted by Gasteiger charge is -2.36. The molecule has 1 aliphatic heterocycles. The van der Waals surface area contributed by atoms with E-state index in [1.165, 1.54) is 32.1 Å². The number of nitrogens with one attached hydrogen (secondary N) is 1. The van der Waals surface area contributed by atoms with Crippen molar-refractivity contribution in [2.45, 2.75) is 77.4 Å². The van der Waals surface area contributed by atoms with E-state index >= 15 is 0 Å². The summed E-state index contributed by atoms with van der Waals surface area (Å²) >= 11 is 0. The number of rotatable bonds is 6. The highest BCUT2D eigenvalue weighted by Crippen LogP contribution is 2.35. The number of alkyl carbamates (subject to hydrolysis) is 1. The lowest BCUT2D eigenvalue weighted by Crippen LogP contribution is -2.49. The SMILES string of the molecule is CC(C)(C)OC(=O)NC1CCCN(c2c(C=O)cccc2OCC2CCCCC2)C1. The summed E-state index contributed by atoms with van der Waals surface area (Å²) in [6.07, 6.45) is 8.62. The van der Waals surface area contributed by atoms with Crippen molar-refractivity contribution >= 4 is 18.1 Å². The van der Waals surface area contributed by atoms with Crippen LogP contribution in [0.2, 0.25) is 0 Å². The molecule has 1 unspecified atom stereocenters. The summed E-state index contributed by atoms with van der Waals surface area (Å²) in [6, 6.07) is 5.64. The average Bonchev–Trinajstić information content (AvgIpc) is 2.71. The highest BCUT2D eigenvalue weighted by Gasteiger charge is 2.27. The van der Waals surface area contributed by atoms with Crippen molar-refractivity contribution in [2.24, 2.45) is 5.92 Å². The summed E-state index contributed by atoms with van der Waals surface area (Å²) in [6.45, 7) is 7.73. The summed E-state index contributed by atoms with van der Waals surface area (Å²) in [5, 5.41) is 2.98. The number of carbonyl (C=O) groups is 2. The first-order valence-corrected chi connectivity index (χ1v) is 11.3. The molecule has 1 aromatic carbocycles. The molecule has 3 rings (SSSR count). The maximum atomic E-state index is 12.2. The number of para-hydroxylation sites is 1. The molecule has 1 saturated heterocycles. The number of hydrogen-bond acceptors (Lipinski definition) is 5. The largest absolute Gasteiger partial charge is 0.491 e. The van der Waals surface area contributed by atoms with Crippen molar-refractivity contribution in [1.29, 1.82) is 0 Å². The molecule has 0 aromatic heterocycles. The lowest BCUT2D eigenvalue weighted by atomic mass is 9.90. The van der Waals surface area contributed by atoms with Gasteiger partial charge in [-0.15, -0.1) is 0 Å². The molecule has 6 nitrogen and oxygen atoms in total. The van der Waals surface area contributed by atoms with Crippen LogP contribution < -0.4 is 15.0 Å². The topological polar surface area (TPSA) is 67.9 Å². The Hall–Kier alpha value is -2.24. The highest BCUT2D eigenvalue weighted by molar-refractivity contribution is 5.87. The van der Waals surface area contributed by atoms with Crippen LogP contribution in [0.1, 0.15) is 76.1 Å². The molecule has 2 aliphatic rings. The number of anilines is 1. The van der Waals surface area contributed by atoms with Crippen molar-refractivity contribution in [1.82, 2.24) is 5.32 Å². The molecule has 1 heterocycles. The van der Waals surface area contributed by atoms with Crippen LogP contribution in [0, 0.1) is 5.92 Å². The molecule has 30 heavy (non-hydrogen) atoms. The van der Waals surface area contributed by atoms with Crippen LogP contribution in [0.15, 0.2) is 18.2 Å². The van der Waals surface area contributed by atoms with Crippen LogP contribution in [-0.2, 0) is 4.74 Å². The number of benzene rings is 1. The number of ether oxygens (including phenoxy) is 2. The minimum atomic E-state index is -0.525. The van der Waals surface area contributed by atoms with Crippen molar-refractivity contribution in [3.8, 4) is 5.75 Å². The van der Waals surface area contributed by atoms with Gasteiger partial charge in [0.25, 0.3) is 0 Å². The molecule has 2 fully saturated rings. The second-order valence-electron chi connectivity index (χ2n) is 9.56. The fourth-order valence-electron chi connectivity index (χ4n) is 4.42. The Labute approximate surface area is 180 Å². The van der Waals surface area contributed by atoms with Crippen LogP contribution in [0.3, 0.4) is 0 Å². The second-order valence-corrected chi connectivity index (χ2v) is 9.56. The smallest absolute Gasteiger partial charge is 0.407 e. The Morgan fingerprint density at radius 3 is 2.63 bits per heavy atom. The highest BCUT2D eigenvalue weighted by atomic mass is 16.6. The number of amides is 1. The predicted molar refractivity (Wildman–Crippen MR) is 119 cm³/mol. The maximum Gasteiger partial charge on any atom is 0.407 e. The zero-order valence-corrected chi connectivity index (χ0v) is 18.6. The van der Waals surface area contributed by atoms with Gasteiger partial charge in [0.15, 0.2) is 6.29 Å². The van der Waals surface area contributed by atoms with Gasteiger partial charge in [-0.3, -0.25) is 4.79 Å². The molecular weight excluding hydrogens is 380 g/mol. The Balaban J connectivity index is 1.69. The molecule has 0 radical (unpaired) electrons. The van der Waals surface area contributed by atoms with Crippen molar-refractivity contribution in [3.63, 3.8) is 0 Å². The summed E-state index contributed by atoms with van der Waals surface area (Å²) in [5.74, 6) is 1.36. The predicted octanol–water partition coefficient (Wildman–Crippen LogP) is 4.95. The molecule has 6 heteroatoms. The van der Waals surface area contributed by atoms with Crippen molar-refractivity contribution in [2.75, 3.05) is 24.6 Å². The maximum absolute atomic E-state index is 12.2. The number of aldehydes is 1. The van der Waals surface area contributed by atoms with Gasteiger partial charge >= 0.3 is 6.09 Å². The Bertz CT molecular complexity index is 722. The molecule has 0 spiro atoms. The first-order valence-electron chi connectivity index (χ1n) is 11.3. The minimum absolute atomic E-state index is 0.0282. The van der Waals surface area contributed by atoms with E-state index in [-0.39, 0.29) is 6.04 Å². The third-order valence-corrected chi connectivity index (χ3v) is 5.81. The zero-order valence-electron chi connectivity index (χ0n) is 18.6. The van der Waals surface area contributed by atoms with E-state index in [1.54, 1.807) is 0 Å². The van der Waals surface area contributed by atoms with Gasteiger partial charge in [0.1, 0.15) is 11.4 Å². The summed E-state index contributed by atoms with van der Waals surface area (Å²) in [4.78, 5) is 26.1. The van der Waals surface area contributed by atoms with Crippen LogP contribution in [0.25, 0.3) is 0 Å². The fraction of sp³-hybridized carbons (Fsp3) is 0.667. The van der Waals surface area contributed by atoms with Gasteiger partial charge < -0.3 is 19.7 Å². The van der Waals surface area contributed by atoms with E-state index in [4.69, 9.17) is 9.47 Å². The number of hydrogen-bond donors (Lipinski definition) is 1. The Morgan fingerprint density at radius 2 is 1.93 bits per heavy atom. The minimum Gasteiger partial charge on any atom is -0.491 e. The molecule has 1 aromatic rings. The third kappa shape index (κ3) is 6.38. The van der Waals surface area contributed by atoms with E-state index in [0.29, 0.717) is 24.6 Å². The Morgan fingerprint density at radius 1 is 1.17 bits per heavy atom. The van der Waals surface area contributed by atoms with Gasteiger partial charge in [-0.05, 0) is 64.5 Å². The van der Waals surface area contributed by atoms with E-state index in [9.17, 15) is 9.59 Å². The van der Waals surface area contributed by atoms with Crippen molar-refractivity contribution in [3.05, 3.63) is 23.8 Å². The number of nitrogens with zero attached hydrogens (tertiary/aromatic N) is 1. The molecule has 166 valence electrons. The summed E-state index contributed by atoms with van der Waals surface area (Å²) in [7, 11) is 0. The van der Waals surface area contributed by atoms with Crippen LogP contribution in [-0.4, -0.2) is 43.7 Å². The second kappa shape index (κ2) is 10.2. The average molecular weight is 417 g/mol. The van der Waals surface area contributed by atoms with Crippen molar-refractivity contribution < 1.29 is 19.1 Å². The van der Waals surface area contributed by atoms with Crippen LogP contribution in [0.5, 0.6) is 5.75 Å². The Kier molecular flexibility index (Phi) is 7.62. The van der Waals surface area contributed by atoms with E-state index in [2.05, 4.69) is 10.2 Å².